The first-order valence-electron chi connectivity index (χ1n) is 8.19. The number of nitrogens with one attached hydrogen (secondary N) is 1. The van der Waals surface area contributed by atoms with E-state index in [9.17, 15) is 4.79 Å². The summed E-state index contributed by atoms with van der Waals surface area (Å²) in [7, 11) is 0. The number of carbonyl (C=O) groups is 1. The summed E-state index contributed by atoms with van der Waals surface area (Å²) in [4.78, 5) is 12.5. The second kappa shape index (κ2) is 7.12. The van der Waals surface area contributed by atoms with Gasteiger partial charge in [-0.25, -0.2) is 0 Å². The molecule has 2 aromatic carbocycles. The predicted octanol–water partition coefficient (Wildman–Crippen LogP) is 3.74. The first kappa shape index (κ1) is 17.2. The van der Waals surface area contributed by atoms with Crippen molar-refractivity contribution in [2.24, 2.45) is 5.73 Å². The Balaban J connectivity index is 1.94. The Morgan fingerprint density at radius 3 is 2.54 bits per heavy atom. The Morgan fingerprint density at radius 1 is 1.19 bits per heavy atom. The van der Waals surface area contributed by atoms with Gasteiger partial charge in [-0.05, 0) is 36.8 Å². The number of rotatable bonds is 4. The van der Waals surface area contributed by atoms with Gasteiger partial charge in [0, 0.05) is 22.0 Å². The number of allylic oxidation sites excluding steroid dienone is 1. The highest BCUT2D eigenvalue weighted by atomic mass is 16.1. The molecule has 0 aliphatic rings. The zero-order chi connectivity index (χ0) is 18.7. The molecule has 3 rings (SSSR count). The molecule has 0 spiro atoms. The monoisotopic (exact) mass is 341 g/mol. The second-order valence-corrected chi connectivity index (χ2v) is 6.08. The molecule has 0 bridgehead atoms. The van der Waals surface area contributed by atoms with E-state index in [0.717, 1.165) is 16.5 Å². The topological polar surface area (TPSA) is 71.9 Å². The van der Waals surface area contributed by atoms with Crippen LogP contribution in [0.15, 0.2) is 66.7 Å². The molecule has 0 saturated carbocycles. The van der Waals surface area contributed by atoms with E-state index in [4.69, 9.17) is 11.1 Å². The third-order valence-electron chi connectivity index (χ3n) is 4.10. The fraction of sp³-hybridized carbons (Fsp3) is 0.0909. The van der Waals surface area contributed by atoms with Crippen molar-refractivity contribution >= 4 is 22.5 Å². The van der Waals surface area contributed by atoms with Crippen LogP contribution in [0.2, 0.25) is 0 Å². The van der Waals surface area contributed by atoms with Gasteiger partial charge in [0.05, 0.1) is 12.2 Å². The van der Waals surface area contributed by atoms with E-state index in [1.54, 1.807) is 19.1 Å². The molecule has 1 aromatic heterocycles. The van der Waals surface area contributed by atoms with Gasteiger partial charge in [0.2, 0.25) is 5.78 Å². The Hall–Kier alpha value is -3.58. The Bertz CT molecular complexity index is 1080. The second-order valence-electron chi connectivity index (χ2n) is 6.08. The van der Waals surface area contributed by atoms with Crippen LogP contribution in [0.3, 0.4) is 0 Å². The zero-order valence-electron chi connectivity index (χ0n) is 14.5. The SMILES string of the molecule is C=C(C)C(=O)c1cc2ccccc2n1CC#Cc1ccc(C(=N)N)cc1. The summed E-state index contributed by atoms with van der Waals surface area (Å²) >= 11 is 0. The third kappa shape index (κ3) is 3.42. The summed E-state index contributed by atoms with van der Waals surface area (Å²) in [5, 5.41) is 8.42. The van der Waals surface area contributed by atoms with Crippen molar-refractivity contribution in [2.75, 3.05) is 0 Å². The summed E-state index contributed by atoms with van der Waals surface area (Å²) in [6, 6.07) is 16.9. The van der Waals surface area contributed by atoms with Crippen LogP contribution in [0.5, 0.6) is 0 Å². The molecule has 0 saturated heterocycles. The number of nitrogens with zero attached hydrogens (tertiary/aromatic N) is 1. The normalized spacial score (nSPS) is 10.2. The number of ketones is 1. The largest absolute Gasteiger partial charge is 0.384 e. The van der Waals surface area contributed by atoms with E-state index < -0.39 is 0 Å². The number of amidine groups is 1. The average molecular weight is 341 g/mol. The van der Waals surface area contributed by atoms with E-state index in [1.807, 2.05) is 47.0 Å². The molecule has 4 heteroatoms. The summed E-state index contributed by atoms with van der Waals surface area (Å²) < 4.78 is 1.92. The molecule has 128 valence electrons. The van der Waals surface area contributed by atoms with Crippen LogP contribution < -0.4 is 5.73 Å². The van der Waals surface area contributed by atoms with Gasteiger partial charge in [-0.3, -0.25) is 10.2 Å². The summed E-state index contributed by atoms with van der Waals surface area (Å²) in [6.07, 6.45) is 0. The molecule has 0 aliphatic heterocycles. The minimum atomic E-state index is -0.0752. The van der Waals surface area contributed by atoms with Crippen molar-refractivity contribution in [3.8, 4) is 11.8 Å². The van der Waals surface area contributed by atoms with Crippen molar-refractivity contribution in [3.05, 3.63) is 83.6 Å². The highest BCUT2D eigenvalue weighted by Gasteiger charge is 2.15. The van der Waals surface area contributed by atoms with E-state index in [0.29, 0.717) is 23.4 Å². The molecule has 4 nitrogen and oxygen atoms in total. The van der Waals surface area contributed by atoms with Gasteiger partial charge in [-0.1, -0.05) is 48.8 Å². The van der Waals surface area contributed by atoms with Crippen molar-refractivity contribution in [1.29, 1.82) is 5.41 Å². The van der Waals surface area contributed by atoms with Gasteiger partial charge in [0.1, 0.15) is 5.84 Å². The summed E-state index contributed by atoms with van der Waals surface area (Å²) in [5.74, 6) is 6.18. The van der Waals surface area contributed by atoms with Gasteiger partial charge < -0.3 is 10.3 Å². The molecule has 3 aromatic rings. The average Bonchev–Trinajstić information content (AvgIpc) is 3.00. The van der Waals surface area contributed by atoms with Crippen LogP contribution in [0.4, 0.5) is 0 Å². The number of hydrogen-bond donors (Lipinski definition) is 2. The third-order valence-corrected chi connectivity index (χ3v) is 4.10. The number of benzene rings is 2. The molecule has 0 aliphatic carbocycles. The number of para-hydroxylation sites is 1. The molecule has 1 heterocycles. The molecule has 3 N–H and O–H groups in total. The smallest absolute Gasteiger partial charge is 0.204 e. The minimum Gasteiger partial charge on any atom is -0.384 e. The standard InChI is InChI=1S/C22H19N3O/c1-15(2)21(26)20-14-18-7-3-4-8-19(18)25(20)13-5-6-16-9-11-17(12-10-16)22(23)24/h3-4,7-12,14H,1,13H2,2H3,(H3,23,24). The lowest BCUT2D eigenvalue weighted by molar-refractivity contribution is 0.102. The molecule has 0 amide bonds. The van der Waals surface area contributed by atoms with Crippen molar-refractivity contribution in [1.82, 2.24) is 4.57 Å². The molecular weight excluding hydrogens is 322 g/mol. The summed E-state index contributed by atoms with van der Waals surface area (Å²) in [5.41, 5.74) is 9.03. The number of fused-ring (bicyclic) bond motifs is 1. The maximum Gasteiger partial charge on any atom is 0.204 e. The molecule has 26 heavy (non-hydrogen) atoms. The zero-order valence-corrected chi connectivity index (χ0v) is 14.5. The lowest BCUT2D eigenvalue weighted by Gasteiger charge is -2.06. The Kier molecular flexibility index (Phi) is 4.72. The molecule has 0 atom stereocenters. The van der Waals surface area contributed by atoms with Gasteiger partial charge in [0.15, 0.2) is 0 Å². The van der Waals surface area contributed by atoms with E-state index in [-0.39, 0.29) is 11.6 Å². The number of Topliss-reactive ketones (excluding diaryl/α,β-unsaturated/α-hetero) is 1. The van der Waals surface area contributed by atoms with Crippen LogP contribution >= 0.6 is 0 Å². The van der Waals surface area contributed by atoms with Crippen LogP contribution in [0.1, 0.15) is 28.5 Å². The Morgan fingerprint density at radius 2 is 1.88 bits per heavy atom. The number of nitrogens with two attached hydrogens (primary N) is 1. The van der Waals surface area contributed by atoms with Crippen LogP contribution in [-0.4, -0.2) is 16.2 Å². The molecule has 0 fully saturated rings. The molecular formula is C22H19N3O. The van der Waals surface area contributed by atoms with E-state index in [2.05, 4.69) is 18.4 Å². The van der Waals surface area contributed by atoms with E-state index in [1.165, 1.54) is 0 Å². The number of hydrogen-bond acceptors (Lipinski definition) is 2. The minimum absolute atomic E-state index is 0.0336. The first-order chi connectivity index (χ1) is 12.5. The van der Waals surface area contributed by atoms with Crippen LogP contribution in [0.25, 0.3) is 10.9 Å². The quantitative estimate of drug-likeness (QED) is 0.249. The van der Waals surface area contributed by atoms with Crippen molar-refractivity contribution in [3.63, 3.8) is 0 Å². The maximum atomic E-state index is 12.5. The van der Waals surface area contributed by atoms with Gasteiger partial charge in [-0.2, -0.15) is 0 Å². The molecule has 0 radical (unpaired) electrons. The highest BCUT2D eigenvalue weighted by molar-refractivity contribution is 6.09. The lowest BCUT2D eigenvalue weighted by Crippen LogP contribution is -2.10. The van der Waals surface area contributed by atoms with E-state index >= 15 is 0 Å². The van der Waals surface area contributed by atoms with Crippen LogP contribution in [-0.2, 0) is 6.54 Å². The summed E-state index contributed by atoms with van der Waals surface area (Å²) in [6.45, 7) is 5.88. The first-order valence-corrected chi connectivity index (χ1v) is 8.19. The predicted molar refractivity (Wildman–Crippen MR) is 105 cm³/mol. The lowest BCUT2D eigenvalue weighted by atomic mass is 10.1. The highest BCUT2D eigenvalue weighted by Crippen LogP contribution is 2.21. The van der Waals surface area contributed by atoms with Crippen molar-refractivity contribution in [2.45, 2.75) is 13.5 Å². The number of nitrogen functional groups attached to an aromatic ring is 1. The Labute approximate surface area is 152 Å². The number of aromatic nitrogens is 1. The van der Waals surface area contributed by atoms with Gasteiger partial charge >= 0.3 is 0 Å². The fourth-order valence-electron chi connectivity index (χ4n) is 2.74. The van der Waals surface area contributed by atoms with Crippen LogP contribution in [0, 0.1) is 17.3 Å². The molecule has 0 unspecified atom stereocenters. The van der Waals surface area contributed by atoms with Crippen molar-refractivity contribution < 1.29 is 4.79 Å². The van der Waals surface area contributed by atoms with Gasteiger partial charge in [-0.15, -0.1) is 0 Å². The number of carbonyl (C=O) groups excluding carboxylic acids is 1. The maximum absolute atomic E-state index is 12.5. The fourth-order valence-corrected chi connectivity index (χ4v) is 2.74. The van der Waals surface area contributed by atoms with Gasteiger partial charge in [0.25, 0.3) is 0 Å².